The molecule has 1 aliphatic heterocycles. The van der Waals surface area contributed by atoms with E-state index in [-0.39, 0.29) is 11.5 Å². The van der Waals surface area contributed by atoms with Crippen molar-refractivity contribution in [3.63, 3.8) is 0 Å². The number of amides is 1. The van der Waals surface area contributed by atoms with Crippen LogP contribution in [0.15, 0.2) is 36.1 Å². The molecule has 2 aromatic rings. The van der Waals surface area contributed by atoms with Crippen molar-refractivity contribution in [1.29, 1.82) is 0 Å². The van der Waals surface area contributed by atoms with Gasteiger partial charge in [0.05, 0.1) is 18.2 Å². The van der Waals surface area contributed by atoms with Crippen molar-refractivity contribution in [2.75, 3.05) is 13.1 Å². The number of ether oxygens (including phenoxy) is 1. The molecule has 0 bridgehead atoms. The fraction of sp³-hybridized carbons (Fsp3) is 0.526. The number of nitrogens with zero attached hydrogens (tertiary/aromatic N) is 3. The molecule has 1 atom stereocenters. The smallest absolute Gasteiger partial charge is 0.234 e. The van der Waals surface area contributed by atoms with E-state index in [2.05, 4.69) is 27.5 Å². The number of thiophene rings is 1. The molecular weight excluding hydrogens is 334 g/mol. The highest BCUT2D eigenvalue weighted by Crippen LogP contribution is 2.44. The minimum atomic E-state index is -0.303. The molecule has 2 aromatic heterocycles. The Morgan fingerprint density at radius 3 is 2.88 bits per heavy atom. The SMILES string of the molecule is O=C(N1CCCC(Oc2cnccn2)C1)C1(c2cccs2)CCCC1. The predicted octanol–water partition coefficient (Wildman–Crippen LogP) is 3.42. The van der Waals surface area contributed by atoms with Crippen LogP contribution in [0.3, 0.4) is 0 Å². The first-order chi connectivity index (χ1) is 12.3. The quantitative estimate of drug-likeness (QED) is 0.841. The summed E-state index contributed by atoms with van der Waals surface area (Å²) in [7, 11) is 0. The van der Waals surface area contributed by atoms with E-state index in [4.69, 9.17) is 4.74 Å². The molecule has 1 aliphatic carbocycles. The zero-order valence-corrected chi connectivity index (χ0v) is 15.1. The molecule has 4 rings (SSSR count). The predicted molar refractivity (Wildman–Crippen MR) is 96.7 cm³/mol. The average Bonchev–Trinajstić information content (AvgIpc) is 3.34. The molecule has 0 radical (unpaired) electrons. The third-order valence-corrected chi connectivity index (χ3v) is 6.43. The van der Waals surface area contributed by atoms with E-state index < -0.39 is 0 Å². The van der Waals surface area contributed by atoms with E-state index in [9.17, 15) is 4.79 Å². The Kier molecular flexibility index (Phi) is 4.70. The number of aromatic nitrogens is 2. The van der Waals surface area contributed by atoms with Gasteiger partial charge in [-0.2, -0.15) is 0 Å². The summed E-state index contributed by atoms with van der Waals surface area (Å²) in [6.45, 7) is 1.47. The van der Waals surface area contributed by atoms with Crippen LogP contribution in [-0.4, -0.2) is 40.0 Å². The highest BCUT2D eigenvalue weighted by molar-refractivity contribution is 7.10. The van der Waals surface area contributed by atoms with E-state index >= 15 is 0 Å². The molecule has 1 unspecified atom stereocenters. The summed E-state index contributed by atoms with van der Waals surface area (Å²) in [6, 6.07) is 4.19. The lowest BCUT2D eigenvalue weighted by atomic mass is 9.82. The molecule has 25 heavy (non-hydrogen) atoms. The number of hydrogen-bond donors (Lipinski definition) is 0. The van der Waals surface area contributed by atoms with Gasteiger partial charge in [-0.05, 0) is 37.1 Å². The van der Waals surface area contributed by atoms with E-state index in [0.29, 0.717) is 18.3 Å². The van der Waals surface area contributed by atoms with Crippen LogP contribution in [0, 0.1) is 0 Å². The Labute approximate surface area is 152 Å². The summed E-state index contributed by atoms with van der Waals surface area (Å²) in [5, 5.41) is 2.08. The summed E-state index contributed by atoms with van der Waals surface area (Å²) in [5.41, 5.74) is -0.303. The van der Waals surface area contributed by atoms with Gasteiger partial charge in [0, 0.05) is 23.8 Å². The zero-order valence-electron chi connectivity index (χ0n) is 14.3. The van der Waals surface area contributed by atoms with Crippen LogP contribution in [0.4, 0.5) is 0 Å². The van der Waals surface area contributed by atoms with Gasteiger partial charge in [-0.1, -0.05) is 18.9 Å². The second-order valence-electron chi connectivity index (χ2n) is 6.94. The molecule has 2 aliphatic rings. The van der Waals surface area contributed by atoms with E-state index in [1.54, 1.807) is 29.9 Å². The Balaban J connectivity index is 1.49. The Morgan fingerprint density at radius 1 is 1.28 bits per heavy atom. The van der Waals surface area contributed by atoms with Crippen molar-refractivity contribution >= 4 is 17.2 Å². The molecule has 132 valence electrons. The van der Waals surface area contributed by atoms with Crippen molar-refractivity contribution in [2.24, 2.45) is 0 Å². The molecule has 0 spiro atoms. The van der Waals surface area contributed by atoms with Gasteiger partial charge < -0.3 is 9.64 Å². The van der Waals surface area contributed by atoms with Gasteiger partial charge in [0.1, 0.15) is 6.10 Å². The number of carbonyl (C=O) groups is 1. The second-order valence-corrected chi connectivity index (χ2v) is 7.89. The number of hydrogen-bond acceptors (Lipinski definition) is 5. The Hall–Kier alpha value is -1.95. The molecule has 3 heterocycles. The van der Waals surface area contributed by atoms with E-state index in [1.165, 1.54) is 4.88 Å². The Morgan fingerprint density at radius 2 is 2.16 bits per heavy atom. The fourth-order valence-corrected chi connectivity index (χ4v) is 5.11. The summed E-state index contributed by atoms with van der Waals surface area (Å²) in [6.07, 6.45) is 11.0. The highest BCUT2D eigenvalue weighted by atomic mass is 32.1. The zero-order chi connectivity index (χ0) is 17.1. The minimum Gasteiger partial charge on any atom is -0.471 e. The van der Waals surface area contributed by atoms with Crippen LogP contribution in [0.25, 0.3) is 0 Å². The lowest BCUT2D eigenvalue weighted by Crippen LogP contribution is -2.51. The molecule has 0 aromatic carbocycles. The molecule has 1 amide bonds. The van der Waals surface area contributed by atoms with Crippen LogP contribution < -0.4 is 4.74 Å². The first kappa shape index (κ1) is 16.5. The third kappa shape index (κ3) is 3.27. The average molecular weight is 357 g/mol. The summed E-state index contributed by atoms with van der Waals surface area (Å²) in [5.74, 6) is 0.829. The Bertz CT molecular complexity index is 699. The number of likely N-dealkylation sites (tertiary alicyclic amines) is 1. The first-order valence-electron chi connectivity index (χ1n) is 9.04. The molecule has 0 N–H and O–H groups in total. The van der Waals surface area contributed by atoms with Gasteiger partial charge >= 0.3 is 0 Å². The molecule has 6 heteroatoms. The van der Waals surface area contributed by atoms with Gasteiger partial charge in [0.25, 0.3) is 0 Å². The monoisotopic (exact) mass is 357 g/mol. The summed E-state index contributed by atoms with van der Waals surface area (Å²) < 4.78 is 5.96. The lowest BCUT2D eigenvalue weighted by molar-refractivity contribution is -0.140. The van der Waals surface area contributed by atoms with Crippen LogP contribution in [-0.2, 0) is 10.2 Å². The normalized spacial score (nSPS) is 22.7. The van der Waals surface area contributed by atoms with Crippen molar-refractivity contribution in [3.8, 4) is 5.88 Å². The standard InChI is InChI=1S/C19H23N3O2S/c23-18(19(7-1-2-8-19)16-6-4-12-25-16)22-11-3-5-15(14-22)24-17-13-20-9-10-21-17/h4,6,9-10,12-13,15H,1-3,5,7-8,11,14H2. The maximum Gasteiger partial charge on any atom is 0.234 e. The lowest BCUT2D eigenvalue weighted by Gasteiger charge is -2.38. The number of rotatable bonds is 4. The van der Waals surface area contributed by atoms with Gasteiger partial charge in [-0.25, -0.2) is 4.98 Å². The molecule has 2 fully saturated rings. The summed E-state index contributed by atoms with van der Waals surface area (Å²) >= 11 is 1.72. The maximum atomic E-state index is 13.5. The van der Waals surface area contributed by atoms with Gasteiger partial charge in [0.2, 0.25) is 11.8 Å². The number of piperidine rings is 1. The maximum absolute atomic E-state index is 13.5. The van der Waals surface area contributed by atoms with Gasteiger partial charge in [-0.15, -0.1) is 11.3 Å². The van der Waals surface area contributed by atoms with Crippen LogP contribution in [0.2, 0.25) is 0 Å². The fourth-order valence-electron chi connectivity index (χ4n) is 4.13. The van der Waals surface area contributed by atoms with E-state index in [1.807, 2.05) is 4.90 Å². The van der Waals surface area contributed by atoms with Crippen LogP contribution in [0.1, 0.15) is 43.4 Å². The molecular formula is C19H23N3O2S. The second kappa shape index (κ2) is 7.12. The summed E-state index contributed by atoms with van der Waals surface area (Å²) in [4.78, 5) is 25.0. The largest absolute Gasteiger partial charge is 0.471 e. The molecule has 5 nitrogen and oxygen atoms in total. The van der Waals surface area contributed by atoms with Crippen molar-refractivity contribution < 1.29 is 9.53 Å². The topological polar surface area (TPSA) is 55.3 Å². The van der Waals surface area contributed by atoms with Crippen LogP contribution >= 0.6 is 11.3 Å². The van der Waals surface area contributed by atoms with E-state index in [0.717, 1.165) is 45.1 Å². The molecule has 1 saturated carbocycles. The van der Waals surface area contributed by atoms with Crippen molar-refractivity contribution in [1.82, 2.24) is 14.9 Å². The van der Waals surface area contributed by atoms with Crippen molar-refractivity contribution in [2.45, 2.75) is 50.0 Å². The van der Waals surface area contributed by atoms with Gasteiger partial charge in [-0.3, -0.25) is 9.78 Å². The highest BCUT2D eigenvalue weighted by Gasteiger charge is 2.46. The van der Waals surface area contributed by atoms with Crippen molar-refractivity contribution in [3.05, 3.63) is 41.0 Å². The molecule has 1 saturated heterocycles. The number of carbonyl (C=O) groups excluding carboxylic acids is 1. The first-order valence-corrected chi connectivity index (χ1v) is 9.92. The van der Waals surface area contributed by atoms with Gasteiger partial charge in [0.15, 0.2) is 0 Å². The third-order valence-electron chi connectivity index (χ3n) is 5.35. The minimum absolute atomic E-state index is 0.00353. The van der Waals surface area contributed by atoms with Crippen LogP contribution in [0.5, 0.6) is 5.88 Å².